The van der Waals surface area contributed by atoms with Crippen molar-refractivity contribution in [3.63, 3.8) is 0 Å². The fraction of sp³-hybridized carbons (Fsp3) is 0.706. The monoisotopic (exact) mass is 293 g/mol. The molecule has 0 aliphatic heterocycles. The molecule has 4 heteroatoms. The van der Waals surface area contributed by atoms with Crippen LogP contribution in [0.2, 0.25) is 0 Å². The standard InChI is InChI=1S/C17H31N3O/c1-7-14(2)20(10-11-21-6)16-9-8-15(12-18-16)13-19-17(3,4)5/h8-9,12,14,19H,7,10-11,13H2,1-6H3. The second kappa shape index (κ2) is 8.35. The minimum atomic E-state index is 0.125. The van der Waals surface area contributed by atoms with Gasteiger partial charge in [-0.15, -0.1) is 0 Å². The van der Waals surface area contributed by atoms with Crippen LogP contribution in [0.3, 0.4) is 0 Å². The quantitative estimate of drug-likeness (QED) is 0.798. The van der Waals surface area contributed by atoms with Crippen LogP contribution >= 0.6 is 0 Å². The SMILES string of the molecule is CCC(C)N(CCOC)c1ccc(CNC(C)(C)C)cn1. The molecule has 1 atom stereocenters. The van der Waals surface area contributed by atoms with Gasteiger partial charge in [0.1, 0.15) is 5.82 Å². The Bertz CT molecular complexity index is 397. The second-order valence-corrected chi connectivity index (χ2v) is 6.57. The molecule has 0 amide bonds. The fourth-order valence-corrected chi connectivity index (χ4v) is 2.03. The molecule has 0 spiro atoms. The van der Waals surface area contributed by atoms with E-state index in [4.69, 9.17) is 4.74 Å². The Morgan fingerprint density at radius 3 is 2.52 bits per heavy atom. The Kier molecular flexibility index (Phi) is 7.12. The van der Waals surface area contributed by atoms with Crippen molar-refractivity contribution in [2.45, 2.75) is 59.2 Å². The third-order valence-corrected chi connectivity index (χ3v) is 3.59. The Morgan fingerprint density at radius 1 is 1.33 bits per heavy atom. The fourth-order valence-electron chi connectivity index (χ4n) is 2.03. The molecule has 1 heterocycles. The first kappa shape index (κ1) is 17.9. The topological polar surface area (TPSA) is 37.4 Å². The van der Waals surface area contributed by atoms with Gasteiger partial charge in [0.05, 0.1) is 6.61 Å². The van der Waals surface area contributed by atoms with Crippen molar-refractivity contribution >= 4 is 5.82 Å². The van der Waals surface area contributed by atoms with Gasteiger partial charge in [-0.05, 0) is 45.7 Å². The number of methoxy groups -OCH3 is 1. The van der Waals surface area contributed by atoms with Gasteiger partial charge in [0, 0.05) is 38.0 Å². The maximum Gasteiger partial charge on any atom is 0.128 e. The molecular weight excluding hydrogens is 262 g/mol. The molecule has 1 unspecified atom stereocenters. The summed E-state index contributed by atoms with van der Waals surface area (Å²) in [5, 5.41) is 3.48. The van der Waals surface area contributed by atoms with Crippen LogP contribution in [0.4, 0.5) is 5.82 Å². The Hall–Kier alpha value is -1.13. The molecule has 4 nitrogen and oxygen atoms in total. The van der Waals surface area contributed by atoms with Crippen LogP contribution in [-0.4, -0.2) is 36.8 Å². The van der Waals surface area contributed by atoms with Crippen LogP contribution in [0.15, 0.2) is 18.3 Å². The number of aromatic nitrogens is 1. The maximum atomic E-state index is 5.21. The van der Waals surface area contributed by atoms with Crippen molar-refractivity contribution in [1.29, 1.82) is 0 Å². The number of hydrogen-bond acceptors (Lipinski definition) is 4. The largest absolute Gasteiger partial charge is 0.383 e. The van der Waals surface area contributed by atoms with Gasteiger partial charge in [-0.2, -0.15) is 0 Å². The summed E-state index contributed by atoms with van der Waals surface area (Å²) >= 11 is 0. The first-order chi connectivity index (χ1) is 9.87. The van der Waals surface area contributed by atoms with Crippen molar-refractivity contribution in [3.8, 4) is 0 Å². The molecule has 0 aromatic carbocycles. The van der Waals surface area contributed by atoms with Crippen molar-refractivity contribution in [3.05, 3.63) is 23.9 Å². The van der Waals surface area contributed by atoms with E-state index in [9.17, 15) is 0 Å². The molecule has 21 heavy (non-hydrogen) atoms. The molecule has 0 radical (unpaired) electrons. The summed E-state index contributed by atoms with van der Waals surface area (Å²) in [4.78, 5) is 6.94. The first-order valence-corrected chi connectivity index (χ1v) is 7.83. The van der Waals surface area contributed by atoms with E-state index in [1.54, 1.807) is 7.11 Å². The molecule has 1 rings (SSSR count). The van der Waals surface area contributed by atoms with E-state index in [0.29, 0.717) is 6.04 Å². The van der Waals surface area contributed by atoms with Gasteiger partial charge in [0.25, 0.3) is 0 Å². The van der Waals surface area contributed by atoms with E-state index < -0.39 is 0 Å². The molecule has 1 N–H and O–H groups in total. The second-order valence-electron chi connectivity index (χ2n) is 6.57. The zero-order valence-corrected chi connectivity index (χ0v) is 14.4. The molecule has 0 aliphatic rings. The summed E-state index contributed by atoms with van der Waals surface area (Å²) in [5.74, 6) is 1.03. The van der Waals surface area contributed by atoms with Gasteiger partial charge in [-0.25, -0.2) is 4.98 Å². The summed E-state index contributed by atoms with van der Waals surface area (Å²) in [7, 11) is 1.74. The Morgan fingerprint density at radius 2 is 2.05 bits per heavy atom. The zero-order valence-electron chi connectivity index (χ0n) is 14.4. The van der Waals surface area contributed by atoms with Gasteiger partial charge in [0.2, 0.25) is 0 Å². The van der Waals surface area contributed by atoms with Gasteiger partial charge < -0.3 is 15.0 Å². The van der Waals surface area contributed by atoms with Crippen LogP contribution in [0.25, 0.3) is 0 Å². The van der Waals surface area contributed by atoms with Crippen molar-refractivity contribution in [1.82, 2.24) is 10.3 Å². The third kappa shape index (κ3) is 6.44. The smallest absolute Gasteiger partial charge is 0.128 e. The molecular formula is C17H31N3O. The van der Waals surface area contributed by atoms with Gasteiger partial charge in [0.15, 0.2) is 0 Å². The third-order valence-electron chi connectivity index (χ3n) is 3.59. The predicted molar refractivity (Wildman–Crippen MR) is 89.8 cm³/mol. The molecule has 0 saturated carbocycles. The lowest BCUT2D eigenvalue weighted by molar-refractivity contribution is 0.203. The Labute approximate surface area is 129 Å². The van der Waals surface area contributed by atoms with Gasteiger partial charge in [-0.3, -0.25) is 0 Å². The van der Waals surface area contributed by atoms with Crippen LogP contribution < -0.4 is 10.2 Å². The average molecular weight is 293 g/mol. The molecule has 120 valence electrons. The number of hydrogen-bond donors (Lipinski definition) is 1. The van der Waals surface area contributed by atoms with E-state index >= 15 is 0 Å². The predicted octanol–water partition coefficient (Wildman–Crippen LogP) is 3.22. The van der Waals surface area contributed by atoms with Crippen molar-refractivity contribution in [2.75, 3.05) is 25.2 Å². The van der Waals surface area contributed by atoms with Crippen LogP contribution in [0.1, 0.15) is 46.6 Å². The number of ether oxygens (including phenoxy) is 1. The summed E-state index contributed by atoms with van der Waals surface area (Å²) in [6.45, 7) is 13.4. The summed E-state index contributed by atoms with van der Waals surface area (Å²) in [5.41, 5.74) is 1.34. The van der Waals surface area contributed by atoms with E-state index in [1.165, 1.54) is 5.56 Å². The molecule has 1 aromatic rings. The number of nitrogens with zero attached hydrogens (tertiary/aromatic N) is 2. The normalized spacial score (nSPS) is 13.2. The lowest BCUT2D eigenvalue weighted by Gasteiger charge is -2.29. The van der Waals surface area contributed by atoms with E-state index in [2.05, 4.69) is 62.0 Å². The summed E-state index contributed by atoms with van der Waals surface area (Å²) < 4.78 is 5.21. The highest BCUT2D eigenvalue weighted by atomic mass is 16.5. The zero-order chi connectivity index (χ0) is 15.9. The maximum absolute atomic E-state index is 5.21. The van der Waals surface area contributed by atoms with Gasteiger partial charge in [-0.1, -0.05) is 13.0 Å². The minimum absolute atomic E-state index is 0.125. The van der Waals surface area contributed by atoms with E-state index in [0.717, 1.165) is 31.9 Å². The van der Waals surface area contributed by atoms with Crippen LogP contribution in [0, 0.1) is 0 Å². The molecule has 0 fully saturated rings. The highest BCUT2D eigenvalue weighted by Gasteiger charge is 2.14. The number of anilines is 1. The van der Waals surface area contributed by atoms with Crippen LogP contribution in [-0.2, 0) is 11.3 Å². The lowest BCUT2D eigenvalue weighted by atomic mass is 10.1. The minimum Gasteiger partial charge on any atom is -0.383 e. The van der Waals surface area contributed by atoms with E-state index in [-0.39, 0.29) is 5.54 Å². The number of rotatable bonds is 8. The summed E-state index contributed by atoms with van der Waals surface area (Å²) in [6, 6.07) is 4.73. The lowest BCUT2D eigenvalue weighted by Crippen LogP contribution is -2.36. The van der Waals surface area contributed by atoms with Crippen molar-refractivity contribution in [2.24, 2.45) is 0 Å². The molecule has 0 saturated heterocycles. The molecule has 0 aliphatic carbocycles. The van der Waals surface area contributed by atoms with E-state index in [1.807, 2.05) is 6.20 Å². The highest BCUT2D eigenvalue weighted by molar-refractivity contribution is 5.40. The van der Waals surface area contributed by atoms with Gasteiger partial charge >= 0.3 is 0 Å². The average Bonchev–Trinajstić information content (AvgIpc) is 2.45. The highest BCUT2D eigenvalue weighted by Crippen LogP contribution is 2.16. The summed E-state index contributed by atoms with van der Waals surface area (Å²) in [6.07, 6.45) is 3.06. The first-order valence-electron chi connectivity index (χ1n) is 7.83. The number of nitrogens with one attached hydrogen (secondary N) is 1. The van der Waals surface area contributed by atoms with Crippen molar-refractivity contribution < 1.29 is 4.74 Å². The number of pyridine rings is 1. The van der Waals surface area contributed by atoms with Crippen LogP contribution in [0.5, 0.6) is 0 Å². The Balaban J connectivity index is 2.72. The molecule has 0 bridgehead atoms. The molecule has 1 aromatic heterocycles.